The van der Waals surface area contributed by atoms with Crippen molar-refractivity contribution in [1.29, 1.82) is 0 Å². The van der Waals surface area contributed by atoms with Crippen LogP contribution in [0.5, 0.6) is 5.75 Å². The molecule has 2 aromatic rings. The predicted octanol–water partition coefficient (Wildman–Crippen LogP) is 4.13. The lowest BCUT2D eigenvalue weighted by atomic mass is 10.0. The molecule has 1 saturated carbocycles. The Hall–Kier alpha value is -2.16. The van der Waals surface area contributed by atoms with Crippen molar-refractivity contribution in [1.82, 2.24) is 0 Å². The first-order valence-corrected chi connectivity index (χ1v) is 7.05. The number of ether oxygens (including phenoxy) is 1. The number of aryl methyl sites for hydroxylation is 1. The Labute approximate surface area is 123 Å². The molecular weight excluding hydrogens is 267 g/mol. The molecule has 0 N–H and O–H groups in total. The van der Waals surface area contributed by atoms with Crippen LogP contribution in [0.25, 0.3) is 0 Å². The molecular formula is C18H17FO2. The molecule has 1 aliphatic carbocycles. The molecule has 0 aromatic heterocycles. The van der Waals surface area contributed by atoms with Crippen molar-refractivity contribution in [2.45, 2.75) is 19.3 Å². The van der Waals surface area contributed by atoms with Crippen LogP contribution in [0.15, 0.2) is 42.5 Å². The van der Waals surface area contributed by atoms with Gasteiger partial charge < -0.3 is 4.74 Å². The molecule has 3 rings (SSSR count). The van der Waals surface area contributed by atoms with Crippen molar-refractivity contribution >= 4 is 5.78 Å². The maximum Gasteiger partial charge on any atom is 0.170 e. The maximum atomic E-state index is 13.8. The van der Waals surface area contributed by atoms with Crippen molar-refractivity contribution in [3.05, 3.63) is 65.0 Å². The second-order valence-corrected chi connectivity index (χ2v) is 5.54. The fourth-order valence-electron chi connectivity index (χ4n) is 2.82. The van der Waals surface area contributed by atoms with Crippen molar-refractivity contribution < 1.29 is 13.9 Å². The van der Waals surface area contributed by atoms with Crippen molar-refractivity contribution in [2.75, 3.05) is 7.11 Å². The van der Waals surface area contributed by atoms with E-state index in [-0.39, 0.29) is 23.4 Å². The molecule has 0 saturated heterocycles. The summed E-state index contributed by atoms with van der Waals surface area (Å²) >= 11 is 0. The summed E-state index contributed by atoms with van der Waals surface area (Å²) in [7, 11) is 1.56. The minimum atomic E-state index is -0.228. The van der Waals surface area contributed by atoms with Gasteiger partial charge in [0.05, 0.1) is 12.7 Å². The van der Waals surface area contributed by atoms with Crippen LogP contribution in [0.1, 0.15) is 33.8 Å². The monoisotopic (exact) mass is 284 g/mol. The lowest BCUT2D eigenvalue weighted by molar-refractivity contribution is 0.0962. The van der Waals surface area contributed by atoms with Gasteiger partial charge >= 0.3 is 0 Å². The van der Waals surface area contributed by atoms with Gasteiger partial charge in [-0.1, -0.05) is 29.8 Å². The van der Waals surface area contributed by atoms with Crippen molar-refractivity contribution in [2.24, 2.45) is 5.92 Å². The van der Waals surface area contributed by atoms with E-state index in [1.807, 2.05) is 31.2 Å². The van der Waals surface area contributed by atoms with Crippen LogP contribution in [-0.2, 0) is 0 Å². The molecule has 0 heterocycles. The van der Waals surface area contributed by atoms with Crippen LogP contribution < -0.4 is 4.74 Å². The highest BCUT2D eigenvalue weighted by Gasteiger charge is 2.45. The van der Waals surface area contributed by atoms with Crippen molar-refractivity contribution in [3.63, 3.8) is 0 Å². The summed E-state index contributed by atoms with van der Waals surface area (Å²) < 4.78 is 19.1. The number of rotatable bonds is 4. The predicted molar refractivity (Wildman–Crippen MR) is 79.3 cm³/mol. The first-order chi connectivity index (χ1) is 10.1. The van der Waals surface area contributed by atoms with E-state index >= 15 is 0 Å². The van der Waals surface area contributed by atoms with E-state index in [0.29, 0.717) is 23.3 Å². The van der Waals surface area contributed by atoms with Crippen LogP contribution in [0.3, 0.4) is 0 Å². The largest absolute Gasteiger partial charge is 0.496 e. The summed E-state index contributed by atoms with van der Waals surface area (Å²) in [5.74, 6) is 0.254. The zero-order valence-electron chi connectivity index (χ0n) is 12.1. The van der Waals surface area contributed by atoms with Crippen LogP contribution in [0.4, 0.5) is 4.39 Å². The van der Waals surface area contributed by atoms with Gasteiger partial charge in [-0.15, -0.1) is 0 Å². The standard InChI is InChI=1S/C18H17FO2/c1-11-7-8-17(21-2)15(9-11)18(20)14-10-13(14)12-5-3-4-6-16(12)19/h3-9,13-14H,10H2,1-2H3. The van der Waals surface area contributed by atoms with Gasteiger partial charge in [0.1, 0.15) is 11.6 Å². The molecule has 3 heteroatoms. The van der Waals surface area contributed by atoms with Gasteiger partial charge in [0.15, 0.2) is 5.78 Å². The molecule has 0 spiro atoms. The fraction of sp³-hybridized carbons (Fsp3) is 0.278. The highest BCUT2D eigenvalue weighted by molar-refractivity contribution is 6.02. The highest BCUT2D eigenvalue weighted by atomic mass is 19.1. The van der Waals surface area contributed by atoms with E-state index in [1.165, 1.54) is 6.07 Å². The van der Waals surface area contributed by atoms with Gasteiger partial charge in [0, 0.05) is 5.92 Å². The maximum absolute atomic E-state index is 13.8. The third-order valence-corrected chi connectivity index (χ3v) is 4.05. The molecule has 0 bridgehead atoms. The van der Waals surface area contributed by atoms with E-state index in [1.54, 1.807) is 19.2 Å². The molecule has 2 nitrogen and oxygen atoms in total. The van der Waals surface area contributed by atoms with Crippen LogP contribution >= 0.6 is 0 Å². The van der Waals surface area contributed by atoms with Gasteiger partial charge in [-0.25, -0.2) is 4.39 Å². The number of hydrogen-bond acceptors (Lipinski definition) is 2. The average molecular weight is 284 g/mol. The van der Waals surface area contributed by atoms with Crippen LogP contribution in [0.2, 0.25) is 0 Å². The molecule has 0 aliphatic heterocycles. The number of ketones is 1. The Balaban J connectivity index is 1.86. The fourth-order valence-corrected chi connectivity index (χ4v) is 2.82. The van der Waals surface area contributed by atoms with Crippen LogP contribution in [-0.4, -0.2) is 12.9 Å². The Morgan fingerprint density at radius 3 is 2.71 bits per heavy atom. The summed E-state index contributed by atoms with van der Waals surface area (Å²) in [5.41, 5.74) is 2.26. The smallest absolute Gasteiger partial charge is 0.170 e. The molecule has 1 fully saturated rings. The normalized spacial score (nSPS) is 20.1. The number of benzene rings is 2. The van der Waals surface area contributed by atoms with E-state index < -0.39 is 0 Å². The second kappa shape index (κ2) is 5.32. The first kappa shape index (κ1) is 13.8. The third-order valence-electron chi connectivity index (χ3n) is 4.05. The van der Waals surface area contributed by atoms with E-state index in [4.69, 9.17) is 4.74 Å². The van der Waals surface area contributed by atoms with E-state index in [2.05, 4.69) is 0 Å². The van der Waals surface area contributed by atoms with Crippen molar-refractivity contribution in [3.8, 4) is 5.75 Å². The van der Waals surface area contributed by atoms with Gasteiger partial charge in [-0.05, 0) is 43.0 Å². The average Bonchev–Trinajstić information content (AvgIpc) is 3.27. The molecule has 2 unspecified atom stereocenters. The Kier molecular flexibility index (Phi) is 3.50. The Bertz CT molecular complexity index is 693. The molecule has 108 valence electrons. The molecule has 21 heavy (non-hydrogen) atoms. The molecule has 1 aliphatic rings. The topological polar surface area (TPSA) is 26.3 Å². The van der Waals surface area contributed by atoms with Gasteiger partial charge in [-0.3, -0.25) is 4.79 Å². The van der Waals surface area contributed by atoms with Gasteiger partial charge in [-0.2, -0.15) is 0 Å². The zero-order valence-corrected chi connectivity index (χ0v) is 12.1. The van der Waals surface area contributed by atoms with E-state index in [9.17, 15) is 9.18 Å². The summed E-state index contributed by atoms with van der Waals surface area (Å²) in [4.78, 5) is 12.6. The third kappa shape index (κ3) is 2.56. The summed E-state index contributed by atoms with van der Waals surface area (Å²) in [5, 5.41) is 0. The highest BCUT2D eigenvalue weighted by Crippen LogP contribution is 2.50. The van der Waals surface area contributed by atoms with Gasteiger partial charge in [0.2, 0.25) is 0 Å². The summed E-state index contributed by atoms with van der Waals surface area (Å²) in [6, 6.07) is 12.3. The molecule has 2 aromatic carbocycles. The molecule has 0 radical (unpaired) electrons. The van der Waals surface area contributed by atoms with E-state index in [0.717, 1.165) is 5.56 Å². The number of methoxy groups -OCH3 is 1. The number of halogens is 1. The minimum Gasteiger partial charge on any atom is -0.496 e. The Morgan fingerprint density at radius 1 is 1.24 bits per heavy atom. The van der Waals surface area contributed by atoms with Gasteiger partial charge in [0.25, 0.3) is 0 Å². The molecule has 2 atom stereocenters. The SMILES string of the molecule is COc1ccc(C)cc1C(=O)C1CC1c1ccccc1F. The number of carbonyl (C=O) groups is 1. The quantitative estimate of drug-likeness (QED) is 0.789. The number of hydrogen-bond donors (Lipinski definition) is 0. The summed E-state index contributed by atoms with van der Waals surface area (Å²) in [6.07, 6.45) is 0.705. The Morgan fingerprint density at radius 2 is 2.00 bits per heavy atom. The minimum absolute atomic E-state index is 0.0103. The first-order valence-electron chi connectivity index (χ1n) is 7.05. The lowest BCUT2D eigenvalue weighted by Gasteiger charge is -2.08. The zero-order chi connectivity index (χ0) is 15.0. The second-order valence-electron chi connectivity index (χ2n) is 5.54. The number of carbonyl (C=O) groups excluding carboxylic acids is 1. The molecule has 0 amide bonds. The summed E-state index contributed by atoms with van der Waals surface area (Å²) in [6.45, 7) is 1.94. The van der Waals surface area contributed by atoms with Crippen LogP contribution in [0, 0.1) is 18.7 Å². The number of Topliss-reactive ketones (excluding diaryl/α,β-unsaturated/α-hetero) is 1. The lowest BCUT2D eigenvalue weighted by Crippen LogP contribution is -2.06.